The van der Waals surface area contributed by atoms with Crippen molar-refractivity contribution in [2.45, 2.75) is 72.1 Å². The number of hydrogen-bond acceptors (Lipinski definition) is 0. The molecule has 21 heavy (non-hydrogen) atoms. The van der Waals surface area contributed by atoms with Gasteiger partial charge in [-0.1, -0.05) is 64.7 Å². The molecule has 0 radical (unpaired) electrons. The van der Waals surface area contributed by atoms with Crippen molar-refractivity contribution in [1.29, 1.82) is 0 Å². The Hall–Kier alpha value is -0.820. The highest BCUT2D eigenvalue weighted by Crippen LogP contribution is 2.25. The van der Waals surface area contributed by atoms with Crippen molar-refractivity contribution in [2.24, 2.45) is 0 Å². The van der Waals surface area contributed by atoms with E-state index in [1.807, 2.05) is 0 Å². The highest BCUT2D eigenvalue weighted by Gasteiger charge is 2.27. The predicted molar refractivity (Wildman–Crippen MR) is 96.8 cm³/mol. The minimum Gasteiger partial charge on any atom is -0.291 e. The highest BCUT2D eigenvalue weighted by molar-refractivity contribution is 5.42. The summed E-state index contributed by atoms with van der Waals surface area (Å²) in [6.45, 7) is 10.8. The Bertz CT molecular complexity index is 338. The third kappa shape index (κ3) is 6.22. The molecule has 0 bridgehead atoms. The molecule has 120 valence electrons. The van der Waals surface area contributed by atoms with E-state index < -0.39 is 0 Å². The number of benzene rings is 1. The lowest BCUT2D eigenvalue weighted by Gasteiger charge is -2.38. The van der Waals surface area contributed by atoms with Gasteiger partial charge in [-0.3, -0.25) is 4.48 Å². The van der Waals surface area contributed by atoms with Gasteiger partial charge in [-0.2, -0.15) is 0 Å². The standard InChI is InChI=1S/C20H36N/c1-4-7-8-9-10-14-19-21(17-5-2,18-6-3)20-15-12-11-13-16-20/h11-13,15-16H,4-10,14,17-19H2,1-3H3/q+1. The first-order valence-electron chi connectivity index (χ1n) is 9.20. The van der Waals surface area contributed by atoms with Crippen molar-refractivity contribution in [3.05, 3.63) is 30.3 Å². The fourth-order valence-corrected chi connectivity index (χ4v) is 3.52. The van der Waals surface area contributed by atoms with Gasteiger partial charge in [0.25, 0.3) is 0 Å². The summed E-state index contributed by atoms with van der Waals surface area (Å²) in [6, 6.07) is 11.2. The van der Waals surface area contributed by atoms with Crippen LogP contribution in [0.25, 0.3) is 0 Å². The number of unbranched alkanes of at least 4 members (excludes halogenated alkanes) is 5. The van der Waals surface area contributed by atoms with E-state index in [0.717, 1.165) is 0 Å². The molecule has 0 aliphatic heterocycles. The molecule has 0 amide bonds. The Morgan fingerprint density at radius 2 is 1.19 bits per heavy atom. The first-order chi connectivity index (χ1) is 10.3. The summed E-state index contributed by atoms with van der Waals surface area (Å²) in [4.78, 5) is 0. The van der Waals surface area contributed by atoms with Crippen LogP contribution < -0.4 is 4.48 Å². The normalized spacial score (nSPS) is 11.8. The van der Waals surface area contributed by atoms with E-state index >= 15 is 0 Å². The third-order valence-electron chi connectivity index (χ3n) is 4.55. The van der Waals surface area contributed by atoms with Crippen molar-refractivity contribution in [1.82, 2.24) is 4.48 Å². The third-order valence-corrected chi connectivity index (χ3v) is 4.55. The lowest BCUT2D eigenvalue weighted by atomic mass is 10.1. The van der Waals surface area contributed by atoms with Gasteiger partial charge < -0.3 is 0 Å². The van der Waals surface area contributed by atoms with E-state index in [0.29, 0.717) is 0 Å². The van der Waals surface area contributed by atoms with Crippen molar-refractivity contribution >= 4 is 5.69 Å². The molecule has 0 unspecified atom stereocenters. The molecular formula is C20H36N+. The Morgan fingerprint density at radius 1 is 0.619 bits per heavy atom. The Morgan fingerprint density at radius 3 is 1.76 bits per heavy atom. The van der Waals surface area contributed by atoms with Crippen LogP contribution in [-0.4, -0.2) is 19.6 Å². The molecule has 0 heterocycles. The zero-order valence-electron chi connectivity index (χ0n) is 14.6. The van der Waals surface area contributed by atoms with Gasteiger partial charge in [0.15, 0.2) is 0 Å². The van der Waals surface area contributed by atoms with Crippen molar-refractivity contribution in [3.8, 4) is 0 Å². The van der Waals surface area contributed by atoms with Gasteiger partial charge in [0.05, 0.1) is 19.6 Å². The average molecular weight is 291 g/mol. The molecule has 0 atom stereocenters. The zero-order chi connectivity index (χ0) is 15.4. The van der Waals surface area contributed by atoms with E-state index in [1.165, 1.54) is 81.2 Å². The van der Waals surface area contributed by atoms with Gasteiger partial charge in [0.1, 0.15) is 5.69 Å². The van der Waals surface area contributed by atoms with Crippen LogP contribution in [0, 0.1) is 0 Å². The van der Waals surface area contributed by atoms with Gasteiger partial charge in [0, 0.05) is 0 Å². The lowest BCUT2D eigenvalue weighted by molar-refractivity contribution is 0.265. The lowest BCUT2D eigenvalue weighted by Crippen LogP contribution is -2.51. The van der Waals surface area contributed by atoms with Crippen LogP contribution in [0.1, 0.15) is 72.1 Å². The number of rotatable bonds is 12. The molecule has 0 aromatic heterocycles. The van der Waals surface area contributed by atoms with Crippen molar-refractivity contribution in [2.75, 3.05) is 19.6 Å². The summed E-state index contributed by atoms with van der Waals surface area (Å²) in [6.07, 6.45) is 10.9. The molecule has 0 aliphatic carbocycles. The molecule has 0 spiro atoms. The van der Waals surface area contributed by atoms with Gasteiger partial charge in [-0.05, 0) is 37.8 Å². The van der Waals surface area contributed by atoms with Gasteiger partial charge >= 0.3 is 0 Å². The monoisotopic (exact) mass is 290 g/mol. The molecule has 0 saturated carbocycles. The molecular weight excluding hydrogens is 254 g/mol. The molecule has 0 saturated heterocycles. The van der Waals surface area contributed by atoms with Crippen LogP contribution in [0.5, 0.6) is 0 Å². The van der Waals surface area contributed by atoms with E-state index in [2.05, 4.69) is 51.1 Å². The summed E-state index contributed by atoms with van der Waals surface area (Å²) >= 11 is 0. The van der Waals surface area contributed by atoms with Crippen LogP contribution in [0.15, 0.2) is 30.3 Å². The number of nitrogens with zero attached hydrogens (tertiary/aromatic N) is 1. The smallest absolute Gasteiger partial charge is 0.132 e. The minimum absolute atomic E-state index is 1.20. The quantitative estimate of drug-likeness (QED) is 0.319. The SMILES string of the molecule is CCCCCCCC[N+](CCC)(CCC)c1ccccc1. The fraction of sp³-hybridized carbons (Fsp3) is 0.700. The maximum absolute atomic E-state index is 2.34. The molecule has 0 N–H and O–H groups in total. The topological polar surface area (TPSA) is 0 Å². The number of para-hydroxylation sites is 1. The highest BCUT2D eigenvalue weighted by atomic mass is 15.4. The second kappa shape index (κ2) is 10.8. The first-order valence-corrected chi connectivity index (χ1v) is 9.20. The molecule has 1 heteroatoms. The van der Waals surface area contributed by atoms with E-state index in [1.54, 1.807) is 0 Å². The second-order valence-electron chi connectivity index (χ2n) is 6.42. The largest absolute Gasteiger partial charge is 0.291 e. The van der Waals surface area contributed by atoms with Gasteiger partial charge in [0.2, 0.25) is 0 Å². The maximum Gasteiger partial charge on any atom is 0.132 e. The Kier molecular flexibility index (Phi) is 9.41. The summed E-state index contributed by atoms with van der Waals surface area (Å²) in [7, 11) is 0. The molecule has 1 rings (SSSR count). The van der Waals surface area contributed by atoms with Crippen LogP contribution in [0.2, 0.25) is 0 Å². The molecule has 0 aliphatic rings. The summed E-state index contributed by atoms with van der Waals surface area (Å²) in [5, 5.41) is 0. The summed E-state index contributed by atoms with van der Waals surface area (Å²) < 4.78 is 1.20. The van der Waals surface area contributed by atoms with Crippen molar-refractivity contribution in [3.63, 3.8) is 0 Å². The van der Waals surface area contributed by atoms with E-state index in [9.17, 15) is 0 Å². The fourth-order valence-electron chi connectivity index (χ4n) is 3.52. The van der Waals surface area contributed by atoms with Gasteiger partial charge in [-0.15, -0.1) is 0 Å². The number of hydrogen-bond donors (Lipinski definition) is 0. The molecule has 1 aromatic carbocycles. The Labute approximate surface area is 133 Å². The minimum atomic E-state index is 1.20. The van der Waals surface area contributed by atoms with Crippen LogP contribution in [-0.2, 0) is 0 Å². The van der Waals surface area contributed by atoms with E-state index in [4.69, 9.17) is 0 Å². The first kappa shape index (κ1) is 18.2. The predicted octanol–water partition coefficient (Wildman–Crippen LogP) is 6.17. The number of quaternary nitrogens is 1. The Balaban J connectivity index is 2.63. The van der Waals surface area contributed by atoms with Crippen molar-refractivity contribution < 1.29 is 0 Å². The van der Waals surface area contributed by atoms with Crippen LogP contribution in [0.3, 0.4) is 0 Å². The second-order valence-corrected chi connectivity index (χ2v) is 6.42. The van der Waals surface area contributed by atoms with Gasteiger partial charge in [-0.25, -0.2) is 0 Å². The van der Waals surface area contributed by atoms with Crippen LogP contribution >= 0.6 is 0 Å². The van der Waals surface area contributed by atoms with Crippen LogP contribution in [0.4, 0.5) is 5.69 Å². The van der Waals surface area contributed by atoms with E-state index in [-0.39, 0.29) is 0 Å². The summed E-state index contributed by atoms with van der Waals surface area (Å²) in [5.41, 5.74) is 1.52. The summed E-state index contributed by atoms with van der Waals surface area (Å²) in [5.74, 6) is 0. The maximum atomic E-state index is 2.34. The average Bonchev–Trinajstić information content (AvgIpc) is 2.52. The zero-order valence-corrected chi connectivity index (χ0v) is 14.6. The molecule has 1 aromatic rings. The molecule has 1 nitrogen and oxygen atoms in total. The molecule has 0 fully saturated rings.